The molecular weight excluding hydrogens is 405 g/mol. The number of amides is 1. The Bertz CT molecular complexity index is 548. The van der Waals surface area contributed by atoms with Gasteiger partial charge in [-0.2, -0.15) is 0 Å². The van der Waals surface area contributed by atoms with E-state index in [0.29, 0.717) is 6.61 Å². The fraction of sp³-hybridized carbons (Fsp3) is 0.471. The monoisotopic (exact) mass is 431 g/mol. The first-order valence-electron chi connectivity index (χ1n) is 7.43. The first-order valence-corrected chi connectivity index (χ1v) is 8.51. The predicted octanol–water partition coefficient (Wildman–Crippen LogP) is 2.97. The fourth-order valence-corrected chi connectivity index (χ4v) is 2.44. The van der Waals surface area contributed by atoms with Gasteiger partial charge in [0.25, 0.3) is 0 Å². The summed E-state index contributed by atoms with van der Waals surface area (Å²) in [6.07, 6.45) is 8.58. The summed E-state index contributed by atoms with van der Waals surface area (Å²) in [6, 6.07) is 0. The largest absolute Gasteiger partial charge is 0.372 e. The van der Waals surface area contributed by atoms with E-state index in [4.69, 9.17) is 10.6 Å². The molecule has 23 heavy (non-hydrogen) atoms. The lowest BCUT2D eigenvalue weighted by Gasteiger charge is -2.31. The molecule has 0 aliphatic carbocycles. The molecule has 0 aromatic carbocycles. The van der Waals surface area contributed by atoms with Crippen LogP contribution in [0.2, 0.25) is 0 Å². The van der Waals surface area contributed by atoms with Crippen LogP contribution in [-0.4, -0.2) is 43.1 Å². The molecule has 0 spiro atoms. The van der Waals surface area contributed by atoms with Crippen LogP contribution in [0.4, 0.5) is 0 Å². The third-order valence-corrected chi connectivity index (χ3v) is 4.77. The standard InChI is InChI=1S/C17H26IN3O2/c1-6-14(18)15-8-7-13(11-21(15)19)17(2,3)9-10-23-12-16(22)20(4)5/h6-8,11H,1,9-10,12,19H2,2-5H3/b15-14+. The Balaban J connectivity index is 2.63. The number of hydrogen-bond donors (Lipinski definition) is 1. The van der Waals surface area contributed by atoms with E-state index >= 15 is 0 Å². The van der Waals surface area contributed by atoms with Crippen molar-refractivity contribution >= 4 is 28.5 Å². The lowest BCUT2D eigenvalue weighted by molar-refractivity contribution is -0.133. The molecule has 1 rings (SSSR count). The van der Waals surface area contributed by atoms with E-state index in [2.05, 4.69) is 49.1 Å². The third-order valence-electron chi connectivity index (χ3n) is 3.78. The summed E-state index contributed by atoms with van der Waals surface area (Å²) in [4.78, 5) is 13.0. The molecule has 0 aromatic rings. The molecule has 128 valence electrons. The first-order chi connectivity index (χ1) is 10.7. The maximum absolute atomic E-state index is 11.5. The van der Waals surface area contributed by atoms with Crippen LogP contribution in [-0.2, 0) is 9.53 Å². The van der Waals surface area contributed by atoms with Crippen LogP contribution in [0.3, 0.4) is 0 Å². The number of hydrazine groups is 1. The lowest BCUT2D eigenvalue weighted by Crippen LogP contribution is -2.30. The van der Waals surface area contributed by atoms with Crippen LogP contribution in [0.5, 0.6) is 0 Å². The number of hydrogen-bond acceptors (Lipinski definition) is 4. The SMILES string of the molecule is C=C/C(I)=C1/C=CC(C(C)(C)CCOCC(=O)N(C)C)=CN1N. The van der Waals surface area contributed by atoms with Crippen molar-refractivity contribution in [3.8, 4) is 0 Å². The van der Waals surface area contributed by atoms with Crippen molar-refractivity contribution in [3.63, 3.8) is 0 Å². The van der Waals surface area contributed by atoms with Gasteiger partial charge in [0.2, 0.25) is 5.91 Å². The molecule has 1 aliphatic rings. The van der Waals surface area contributed by atoms with Gasteiger partial charge in [0, 0.05) is 30.5 Å². The summed E-state index contributed by atoms with van der Waals surface area (Å²) in [5.41, 5.74) is 1.95. The minimum atomic E-state index is -0.0968. The normalized spacial score (nSPS) is 17.0. The lowest BCUT2D eigenvalue weighted by atomic mass is 9.80. The molecule has 0 radical (unpaired) electrons. The van der Waals surface area contributed by atoms with Gasteiger partial charge in [-0.25, -0.2) is 5.84 Å². The number of likely N-dealkylation sites (N-methyl/N-ethyl adjacent to an activating group) is 1. The average molecular weight is 431 g/mol. The quantitative estimate of drug-likeness (QED) is 0.383. The van der Waals surface area contributed by atoms with E-state index in [1.807, 2.05) is 12.3 Å². The zero-order valence-electron chi connectivity index (χ0n) is 14.3. The van der Waals surface area contributed by atoms with Crippen molar-refractivity contribution in [1.82, 2.24) is 9.91 Å². The maximum atomic E-state index is 11.5. The smallest absolute Gasteiger partial charge is 0.248 e. The summed E-state index contributed by atoms with van der Waals surface area (Å²) in [7, 11) is 3.44. The van der Waals surface area contributed by atoms with Gasteiger partial charge >= 0.3 is 0 Å². The number of rotatable bonds is 7. The molecule has 0 saturated carbocycles. The third kappa shape index (κ3) is 5.78. The molecule has 0 atom stereocenters. The topological polar surface area (TPSA) is 58.8 Å². The van der Waals surface area contributed by atoms with E-state index in [0.717, 1.165) is 21.3 Å². The number of nitrogens with two attached hydrogens (primary N) is 1. The van der Waals surface area contributed by atoms with E-state index in [9.17, 15) is 4.79 Å². The number of carbonyl (C=O) groups is 1. The van der Waals surface area contributed by atoms with Gasteiger partial charge in [0.05, 0.1) is 5.70 Å². The molecule has 1 aliphatic heterocycles. The Morgan fingerprint density at radius 2 is 2.13 bits per heavy atom. The van der Waals surface area contributed by atoms with Gasteiger partial charge in [0.1, 0.15) is 6.61 Å². The highest BCUT2D eigenvalue weighted by Gasteiger charge is 2.25. The van der Waals surface area contributed by atoms with Crippen LogP contribution in [0.25, 0.3) is 0 Å². The molecule has 0 bridgehead atoms. The van der Waals surface area contributed by atoms with Crippen molar-refractivity contribution in [2.24, 2.45) is 11.3 Å². The van der Waals surface area contributed by atoms with Crippen LogP contribution >= 0.6 is 22.6 Å². The van der Waals surface area contributed by atoms with Crippen molar-refractivity contribution < 1.29 is 9.53 Å². The van der Waals surface area contributed by atoms with E-state index in [1.54, 1.807) is 25.2 Å². The van der Waals surface area contributed by atoms with Gasteiger partial charge in [-0.05, 0) is 46.1 Å². The molecule has 6 heteroatoms. The summed E-state index contributed by atoms with van der Waals surface area (Å²) in [5, 5.41) is 1.62. The Morgan fingerprint density at radius 1 is 1.48 bits per heavy atom. The number of ether oxygens (including phenoxy) is 1. The van der Waals surface area contributed by atoms with E-state index in [-0.39, 0.29) is 17.9 Å². The van der Waals surface area contributed by atoms with Gasteiger partial charge in [-0.15, -0.1) is 0 Å². The Labute approximate surface area is 152 Å². The van der Waals surface area contributed by atoms with Crippen LogP contribution in [0.15, 0.2) is 45.9 Å². The van der Waals surface area contributed by atoms with Crippen LogP contribution in [0, 0.1) is 5.41 Å². The van der Waals surface area contributed by atoms with E-state index < -0.39 is 0 Å². The highest BCUT2D eigenvalue weighted by Crippen LogP contribution is 2.35. The minimum absolute atomic E-state index is 0.0264. The van der Waals surface area contributed by atoms with Crippen molar-refractivity contribution in [3.05, 3.63) is 45.9 Å². The molecule has 5 nitrogen and oxygen atoms in total. The first kappa shape index (κ1) is 19.9. The molecular formula is C17H26IN3O2. The molecule has 0 aromatic heterocycles. The van der Waals surface area contributed by atoms with E-state index in [1.165, 1.54) is 4.90 Å². The van der Waals surface area contributed by atoms with Gasteiger partial charge in [0.15, 0.2) is 0 Å². The zero-order valence-corrected chi connectivity index (χ0v) is 16.5. The van der Waals surface area contributed by atoms with Gasteiger partial charge in [-0.3, -0.25) is 9.80 Å². The number of nitrogens with zero attached hydrogens (tertiary/aromatic N) is 2. The highest BCUT2D eigenvalue weighted by molar-refractivity contribution is 14.1. The maximum Gasteiger partial charge on any atom is 0.248 e. The highest BCUT2D eigenvalue weighted by atomic mass is 127. The van der Waals surface area contributed by atoms with Crippen LogP contribution in [0.1, 0.15) is 20.3 Å². The molecule has 0 saturated heterocycles. The van der Waals surface area contributed by atoms with Crippen molar-refractivity contribution in [2.75, 3.05) is 27.3 Å². The van der Waals surface area contributed by atoms with Crippen molar-refractivity contribution in [1.29, 1.82) is 0 Å². The number of allylic oxidation sites excluding steroid dienone is 5. The number of halogens is 1. The number of carbonyl (C=O) groups excluding carboxylic acids is 1. The van der Waals surface area contributed by atoms with Gasteiger partial charge < -0.3 is 9.64 Å². The molecule has 1 heterocycles. The Kier molecular flexibility index (Phi) is 7.50. The zero-order chi connectivity index (χ0) is 17.6. The Morgan fingerprint density at radius 3 is 2.65 bits per heavy atom. The average Bonchev–Trinajstić information content (AvgIpc) is 2.50. The summed E-state index contributed by atoms with van der Waals surface area (Å²) in [6.45, 7) is 8.68. The fourth-order valence-electron chi connectivity index (χ4n) is 1.99. The molecule has 0 fully saturated rings. The Hall–Kier alpha value is -1.12. The van der Waals surface area contributed by atoms with Gasteiger partial charge in [-0.1, -0.05) is 32.6 Å². The summed E-state index contributed by atoms with van der Waals surface area (Å²) in [5.74, 6) is 6.06. The van der Waals surface area contributed by atoms with Crippen molar-refractivity contribution in [2.45, 2.75) is 20.3 Å². The second-order valence-corrected chi connectivity index (χ2v) is 7.40. The van der Waals surface area contributed by atoms with Crippen LogP contribution < -0.4 is 5.84 Å². The minimum Gasteiger partial charge on any atom is -0.372 e. The predicted molar refractivity (Wildman–Crippen MR) is 102 cm³/mol. The molecule has 2 N–H and O–H groups in total. The second-order valence-electron chi connectivity index (χ2n) is 6.24. The summed E-state index contributed by atoms with van der Waals surface area (Å²) >= 11 is 2.21. The second kappa shape index (κ2) is 8.65. The molecule has 1 amide bonds. The molecule has 0 unspecified atom stereocenters. The summed E-state index contributed by atoms with van der Waals surface area (Å²) < 4.78 is 6.48.